The van der Waals surface area contributed by atoms with Crippen LogP contribution in [0.5, 0.6) is 0 Å². The van der Waals surface area contributed by atoms with Crippen molar-refractivity contribution in [2.75, 3.05) is 18.0 Å². The van der Waals surface area contributed by atoms with Gasteiger partial charge in [0.2, 0.25) is 0 Å². The Bertz CT molecular complexity index is 471. The first-order valence-electron chi connectivity index (χ1n) is 7.76. The van der Waals surface area contributed by atoms with Crippen LogP contribution in [0.4, 0.5) is 5.82 Å². The van der Waals surface area contributed by atoms with Crippen LogP contribution >= 0.6 is 15.9 Å². The van der Waals surface area contributed by atoms with E-state index in [0.717, 1.165) is 42.0 Å². The highest BCUT2D eigenvalue weighted by Gasteiger charge is 2.27. The zero-order valence-electron chi connectivity index (χ0n) is 12.4. The molecule has 2 heterocycles. The van der Waals surface area contributed by atoms with Crippen molar-refractivity contribution < 1.29 is 0 Å². The van der Waals surface area contributed by atoms with E-state index in [1.165, 1.54) is 30.6 Å². The number of nitrogens with one attached hydrogen (secondary N) is 1. The second-order valence-electron chi connectivity index (χ2n) is 6.53. The Morgan fingerprint density at radius 3 is 2.85 bits per heavy atom. The molecule has 0 aromatic carbocycles. The smallest absolute Gasteiger partial charge is 0.133 e. The Morgan fingerprint density at radius 1 is 1.40 bits per heavy atom. The molecule has 1 aromatic heterocycles. The molecule has 1 aromatic rings. The summed E-state index contributed by atoms with van der Waals surface area (Å²) in [6, 6.07) is 2.96. The molecule has 110 valence electrons. The molecular formula is C16H24BrN3. The fraction of sp³-hybridized carbons (Fsp3) is 0.688. The molecule has 2 aliphatic rings. The Morgan fingerprint density at radius 2 is 2.20 bits per heavy atom. The lowest BCUT2D eigenvalue weighted by Crippen LogP contribution is -2.25. The van der Waals surface area contributed by atoms with E-state index in [1.54, 1.807) is 0 Å². The van der Waals surface area contributed by atoms with Gasteiger partial charge in [0.1, 0.15) is 5.82 Å². The average Bonchev–Trinajstić information content (AvgIpc) is 3.11. The highest BCUT2D eigenvalue weighted by molar-refractivity contribution is 9.10. The standard InChI is InChI=1S/C16H24BrN3/c1-11(2)12-5-6-20(10-12)16-13(7-14(17)9-19-16)8-18-15-3-4-15/h7,9,11-12,15,18H,3-6,8,10H2,1-2H3. The predicted octanol–water partition coefficient (Wildman–Crippen LogP) is 3.58. The molecule has 0 bridgehead atoms. The lowest BCUT2D eigenvalue weighted by molar-refractivity contribution is 0.422. The number of hydrogen-bond donors (Lipinski definition) is 1. The summed E-state index contributed by atoms with van der Waals surface area (Å²) >= 11 is 3.55. The largest absolute Gasteiger partial charge is 0.356 e. The second kappa shape index (κ2) is 6.02. The molecule has 1 aliphatic heterocycles. The molecule has 1 atom stereocenters. The normalized spacial score (nSPS) is 22.8. The van der Waals surface area contributed by atoms with Crippen LogP contribution in [0.1, 0.15) is 38.7 Å². The van der Waals surface area contributed by atoms with Gasteiger partial charge in [0.15, 0.2) is 0 Å². The van der Waals surface area contributed by atoms with Crippen LogP contribution in [0.25, 0.3) is 0 Å². The summed E-state index contributed by atoms with van der Waals surface area (Å²) in [7, 11) is 0. The van der Waals surface area contributed by atoms with E-state index in [9.17, 15) is 0 Å². The average molecular weight is 338 g/mol. The van der Waals surface area contributed by atoms with Gasteiger partial charge in [-0.25, -0.2) is 4.98 Å². The maximum Gasteiger partial charge on any atom is 0.133 e. The molecule has 0 amide bonds. The fourth-order valence-corrected chi connectivity index (χ4v) is 3.33. The number of halogens is 1. The molecule has 1 aliphatic carbocycles. The monoisotopic (exact) mass is 337 g/mol. The van der Waals surface area contributed by atoms with E-state index in [2.05, 4.69) is 46.1 Å². The molecule has 1 N–H and O–H groups in total. The van der Waals surface area contributed by atoms with Crippen LogP contribution in [-0.2, 0) is 6.54 Å². The maximum absolute atomic E-state index is 4.69. The van der Waals surface area contributed by atoms with Crippen LogP contribution in [0, 0.1) is 11.8 Å². The van der Waals surface area contributed by atoms with E-state index < -0.39 is 0 Å². The van der Waals surface area contributed by atoms with E-state index >= 15 is 0 Å². The highest BCUT2D eigenvalue weighted by atomic mass is 79.9. The van der Waals surface area contributed by atoms with Crippen molar-refractivity contribution in [1.29, 1.82) is 0 Å². The van der Waals surface area contributed by atoms with Crippen molar-refractivity contribution in [2.45, 2.75) is 45.7 Å². The van der Waals surface area contributed by atoms with E-state index in [1.807, 2.05) is 6.20 Å². The Balaban J connectivity index is 1.74. The third kappa shape index (κ3) is 3.34. The Labute approximate surface area is 130 Å². The molecule has 20 heavy (non-hydrogen) atoms. The zero-order valence-corrected chi connectivity index (χ0v) is 14.0. The molecule has 3 nitrogen and oxygen atoms in total. The van der Waals surface area contributed by atoms with Crippen molar-refractivity contribution in [3.05, 3.63) is 22.3 Å². The van der Waals surface area contributed by atoms with E-state index in [-0.39, 0.29) is 0 Å². The van der Waals surface area contributed by atoms with E-state index in [0.29, 0.717) is 0 Å². The summed E-state index contributed by atoms with van der Waals surface area (Å²) in [5.41, 5.74) is 1.33. The number of rotatable bonds is 5. The zero-order chi connectivity index (χ0) is 14.1. The van der Waals surface area contributed by atoms with Gasteiger partial charge in [-0.1, -0.05) is 13.8 Å². The third-order valence-corrected chi connectivity index (χ3v) is 4.97. The quantitative estimate of drug-likeness (QED) is 0.890. The van der Waals surface area contributed by atoms with Gasteiger partial charge < -0.3 is 10.2 Å². The molecule has 1 saturated heterocycles. The number of pyridine rings is 1. The molecule has 4 heteroatoms. The summed E-state index contributed by atoms with van der Waals surface area (Å²) in [4.78, 5) is 7.16. The van der Waals surface area contributed by atoms with Gasteiger partial charge >= 0.3 is 0 Å². The predicted molar refractivity (Wildman–Crippen MR) is 87.0 cm³/mol. The second-order valence-corrected chi connectivity index (χ2v) is 7.45. The topological polar surface area (TPSA) is 28.2 Å². The first-order chi connectivity index (χ1) is 9.63. The number of anilines is 1. The van der Waals surface area contributed by atoms with Gasteiger partial charge in [-0.2, -0.15) is 0 Å². The lowest BCUT2D eigenvalue weighted by atomic mass is 9.95. The van der Waals surface area contributed by atoms with Gasteiger partial charge in [0.25, 0.3) is 0 Å². The fourth-order valence-electron chi connectivity index (χ4n) is 2.95. The van der Waals surface area contributed by atoms with Crippen LogP contribution in [0.3, 0.4) is 0 Å². The molecule has 3 rings (SSSR count). The van der Waals surface area contributed by atoms with Crippen LogP contribution < -0.4 is 10.2 Å². The van der Waals surface area contributed by atoms with Crippen LogP contribution in [-0.4, -0.2) is 24.1 Å². The number of aromatic nitrogens is 1. The number of nitrogens with zero attached hydrogens (tertiary/aromatic N) is 2. The first-order valence-corrected chi connectivity index (χ1v) is 8.55. The van der Waals surface area contributed by atoms with Gasteiger partial charge in [-0.3, -0.25) is 0 Å². The summed E-state index contributed by atoms with van der Waals surface area (Å²) in [6.07, 6.45) is 5.88. The number of hydrogen-bond acceptors (Lipinski definition) is 3. The van der Waals surface area contributed by atoms with Crippen LogP contribution in [0.2, 0.25) is 0 Å². The molecule has 0 radical (unpaired) electrons. The minimum absolute atomic E-state index is 0.740. The minimum atomic E-state index is 0.740. The molecule has 1 saturated carbocycles. The highest BCUT2D eigenvalue weighted by Crippen LogP contribution is 2.30. The summed E-state index contributed by atoms with van der Waals surface area (Å²) < 4.78 is 1.08. The lowest BCUT2D eigenvalue weighted by Gasteiger charge is -2.22. The first kappa shape index (κ1) is 14.3. The van der Waals surface area contributed by atoms with Crippen molar-refractivity contribution >= 4 is 21.7 Å². The van der Waals surface area contributed by atoms with Crippen molar-refractivity contribution in [1.82, 2.24) is 10.3 Å². The van der Waals surface area contributed by atoms with Crippen molar-refractivity contribution in [3.8, 4) is 0 Å². The van der Waals surface area contributed by atoms with Gasteiger partial charge in [0.05, 0.1) is 0 Å². The van der Waals surface area contributed by atoms with Crippen molar-refractivity contribution in [2.24, 2.45) is 11.8 Å². The molecule has 0 spiro atoms. The van der Waals surface area contributed by atoms with Crippen LogP contribution in [0.15, 0.2) is 16.7 Å². The van der Waals surface area contributed by atoms with Gasteiger partial charge in [-0.15, -0.1) is 0 Å². The molecule has 2 fully saturated rings. The van der Waals surface area contributed by atoms with Gasteiger partial charge in [0, 0.05) is 41.9 Å². The SMILES string of the molecule is CC(C)C1CCN(c2ncc(Br)cc2CNC2CC2)C1. The summed E-state index contributed by atoms with van der Waals surface area (Å²) in [5.74, 6) is 2.76. The molecular weight excluding hydrogens is 314 g/mol. The van der Waals surface area contributed by atoms with E-state index in [4.69, 9.17) is 4.98 Å². The third-order valence-electron chi connectivity index (χ3n) is 4.54. The Kier molecular flexibility index (Phi) is 4.32. The Hall–Kier alpha value is -0.610. The minimum Gasteiger partial charge on any atom is -0.356 e. The summed E-state index contributed by atoms with van der Waals surface area (Å²) in [5, 5.41) is 3.61. The molecule has 1 unspecified atom stereocenters. The van der Waals surface area contributed by atoms with Gasteiger partial charge in [-0.05, 0) is 53.1 Å². The maximum atomic E-state index is 4.69. The van der Waals surface area contributed by atoms with Crippen molar-refractivity contribution in [3.63, 3.8) is 0 Å². The summed E-state index contributed by atoms with van der Waals surface area (Å²) in [6.45, 7) is 7.91.